The van der Waals surface area contributed by atoms with Crippen LogP contribution in [0.2, 0.25) is 0 Å². The molecule has 0 spiro atoms. The van der Waals surface area contributed by atoms with Crippen molar-refractivity contribution in [3.8, 4) is 66.8 Å². The van der Waals surface area contributed by atoms with E-state index in [9.17, 15) is 0 Å². The van der Waals surface area contributed by atoms with Crippen LogP contribution in [-0.2, 0) is 7.05 Å². The van der Waals surface area contributed by atoms with Crippen molar-refractivity contribution in [2.45, 2.75) is 0 Å². The lowest BCUT2D eigenvalue weighted by molar-refractivity contribution is 1.01. The zero-order valence-electron chi connectivity index (χ0n) is 35.9. The molecule has 0 saturated carbocycles. The van der Waals surface area contributed by atoms with Gasteiger partial charge in [0.1, 0.15) is 0 Å². The summed E-state index contributed by atoms with van der Waals surface area (Å²) >= 11 is 0. The highest BCUT2D eigenvalue weighted by atomic mass is 14.9. The zero-order valence-corrected chi connectivity index (χ0v) is 35.9. The first kappa shape index (κ1) is 37.1. The van der Waals surface area contributed by atoms with Gasteiger partial charge in [0.2, 0.25) is 0 Å². The van der Waals surface area contributed by atoms with E-state index in [4.69, 9.17) is 0 Å². The van der Waals surface area contributed by atoms with Gasteiger partial charge in [0.15, 0.2) is 0 Å². The summed E-state index contributed by atoms with van der Waals surface area (Å²) in [7, 11) is 2.15. The minimum Gasteiger partial charge on any atom is -0.355 e. The molecular weight excluding hydrogens is 785 g/mol. The molecule has 11 aromatic carbocycles. The van der Waals surface area contributed by atoms with Crippen LogP contribution in [0.1, 0.15) is 0 Å². The molecule has 0 amide bonds. The van der Waals surface area contributed by atoms with E-state index < -0.39 is 0 Å². The van der Waals surface area contributed by atoms with Gasteiger partial charge in [-0.15, -0.1) is 0 Å². The quantitative estimate of drug-likeness (QED) is 0.161. The number of rotatable bonds is 6. The molecule has 0 unspecified atom stereocenters. The number of H-pyrrole nitrogens is 1. The lowest BCUT2D eigenvalue weighted by Gasteiger charge is -2.18. The maximum atomic E-state index is 3.55. The predicted octanol–water partition coefficient (Wildman–Crippen LogP) is 17.3. The molecule has 2 aromatic heterocycles. The van der Waals surface area contributed by atoms with Gasteiger partial charge >= 0.3 is 0 Å². The number of nitrogens with zero attached hydrogens (tertiary/aromatic N) is 1. The molecule has 2 heterocycles. The van der Waals surface area contributed by atoms with Crippen LogP contribution in [0.25, 0.3) is 132 Å². The van der Waals surface area contributed by atoms with E-state index in [1.54, 1.807) is 0 Å². The third-order valence-corrected chi connectivity index (χ3v) is 13.8. The van der Waals surface area contributed by atoms with Gasteiger partial charge in [0, 0.05) is 50.7 Å². The average molecular weight is 827 g/mol. The Morgan fingerprint density at radius 3 is 1.06 bits per heavy atom. The Bertz CT molecular complexity index is 3900. The number of hydrogen-bond acceptors (Lipinski definition) is 0. The van der Waals surface area contributed by atoms with Crippen molar-refractivity contribution < 1.29 is 0 Å². The fraction of sp³-hybridized carbons (Fsp3) is 0.0159. The number of aromatic nitrogens is 2. The summed E-state index contributed by atoms with van der Waals surface area (Å²) in [4.78, 5) is 3.55. The van der Waals surface area contributed by atoms with Crippen molar-refractivity contribution in [2.75, 3.05) is 0 Å². The summed E-state index contributed by atoms with van der Waals surface area (Å²) in [6.07, 6.45) is 0. The minimum absolute atomic E-state index is 1.17. The highest BCUT2D eigenvalue weighted by Gasteiger charge is 2.17. The van der Waals surface area contributed by atoms with E-state index in [0.717, 1.165) is 0 Å². The molecule has 1 N–H and O–H groups in total. The third-order valence-electron chi connectivity index (χ3n) is 13.8. The Balaban J connectivity index is 0.804. The van der Waals surface area contributed by atoms with Crippen LogP contribution < -0.4 is 0 Å². The van der Waals surface area contributed by atoms with Crippen LogP contribution in [0.5, 0.6) is 0 Å². The van der Waals surface area contributed by atoms with Crippen LogP contribution >= 0.6 is 0 Å². The van der Waals surface area contributed by atoms with E-state index in [-0.39, 0.29) is 0 Å². The molecule has 2 heteroatoms. The average Bonchev–Trinajstić information content (AvgIpc) is 3.89. The van der Waals surface area contributed by atoms with Gasteiger partial charge in [0.25, 0.3) is 0 Å². The second-order valence-electron chi connectivity index (χ2n) is 17.4. The second-order valence-corrected chi connectivity index (χ2v) is 17.4. The largest absolute Gasteiger partial charge is 0.355 e. The molecule has 0 radical (unpaired) electrons. The van der Waals surface area contributed by atoms with E-state index in [2.05, 4.69) is 247 Å². The number of nitrogens with one attached hydrogen (secondary N) is 1. The van der Waals surface area contributed by atoms with E-state index in [1.807, 2.05) is 0 Å². The second kappa shape index (κ2) is 14.8. The molecule has 0 fully saturated rings. The molecule has 0 atom stereocenters. The fourth-order valence-corrected chi connectivity index (χ4v) is 10.5. The highest BCUT2D eigenvalue weighted by Crippen LogP contribution is 2.44. The van der Waals surface area contributed by atoms with E-state index in [0.29, 0.717) is 0 Å². The third kappa shape index (κ3) is 6.10. The first-order valence-electron chi connectivity index (χ1n) is 22.5. The maximum Gasteiger partial charge on any atom is 0.0489 e. The molecule has 13 aromatic rings. The molecule has 304 valence electrons. The molecule has 0 saturated heterocycles. The standard InChI is InChI=1S/C63H42N2/c1-65-60-17-9-7-11-51(60)57-39-49(35-37-61(57)65)45-24-20-41(21-25-45)43-28-32-47(33-29-43)63-54-14-4-2-12-52(54)62(53-13-3-5-15-55(53)63)46-30-26-42(27-31-46)40-18-22-44(23-19-40)48-34-36-59-56(38-48)50-10-6-8-16-58(50)64-59/h2-39,64H,1H3. The summed E-state index contributed by atoms with van der Waals surface area (Å²) in [5.74, 6) is 0. The maximum absolute atomic E-state index is 3.55. The highest BCUT2D eigenvalue weighted by molar-refractivity contribution is 6.21. The molecule has 65 heavy (non-hydrogen) atoms. The Hall–Kier alpha value is -8.46. The Kier molecular flexibility index (Phi) is 8.47. The molecule has 2 nitrogen and oxygen atoms in total. The normalized spacial score (nSPS) is 11.8. The number of hydrogen-bond donors (Lipinski definition) is 1. The van der Waals surface area contributed by atoms with Crippen molar-refractivity contribution in [3.05, 3.63) is 231 Å². The smallest absolute Gasteiger partial charge is 0.0489 e. The topological polar surface area (TPSA) is 20.7 Å². The van der Waals surface area contributed by atoms with Crippen molar-refractivity contribution >= 4 is 65.2 Å². The first-order chi connectivity index (χ1) is 32.1. The van der Waals surface area contributed by atoms with E-state index >= 15 is 0 Å². The summed E-state index contributed by atoms with van der Waals surface area (Å²) in [5, 5.41) is 10.1. The molecule has 0 bridgehead atoms. The number of benzene rings is 11. The van der Waals surface area contributed by atoms with Crippen LogP contribution in [-0.4, -0.2) is 9.55 Å². The monoisotopic (exact) mass is 826 g/mol. The molecule has 0 aliphatic heterocycles. The van der Waals surface area contributed by atoms with Gasteiger partial charge in [-0.1, -0.05) is 194 Å². The number of fused-ring (bicyclic) bond motifs is 8. The summed E-state index contributed by atoms with van der Waals surface area (Å²) < 4.78 is 2.29. The van der Waals surface area contributed by atoms with Crippen molar-refractivity contribution in [1.82, 2.24) is 9.55 Å². The van der Waals surface area contributed by atoms with Gasteiger partial charge in [-0.2, -0.15) is 0 Å². The number of para-hydroxylation sites is 2. The minimum atomic E-state index is 1.17. The summed E-state index contributed by atoms with van der Waals surface area (Å²) in [5.41, 5.74) is 19.5. The van der Waals surface area contributed by atoms with Gasteiger partial charge in [-0.25, -0.2) is 0 Å². The predicted molar refractivity (Wildman–Crippen MR) is 277 cm³/mol. The summed E-state index contributed by atoms with van der Waals surface area (Å²) in [6.45, 7) is 0. The van der Waals surface area contributed by atoms with Crippen molar-refractivity contribution in [2.24, 2.45) is 7.05 Å². The van der Waals surface area contributed by atoms with Crippen molar-refractivity contribution in [1.29, 1.82) is 0 Å². The van der Waals surface area contributed by atoms with Gasteiger partial charge < -0.3 is 9.55 Å². The van der Waals surface area contributed by atoms with Crippen LogP contribution in [0.4, 0.5) is 0 Å². The summed E-state index contributed by atoms with van der Waals surface area (Å²) in [6, 6.07) is 84.8. The Labute approximate surface area is 377 Å². The van der Waals surface area contributed by atoms with Gasteiger partial charge in [-0.3, -0.25) is 0 Å². The van der Waals surface area contributed by atoms with Gasteiger partial charge in [0.05, 0.1) is 0 Å². The molecule has 13 rings (SSSR count). The molecule has 0 aliphatic carbocycles. The zero-order chi connectivity index (χ0) is 43.0. The molecule has 0 aliphatic rings. The Morgan fingerprint density at radius 1 is 0.246 bits per heavy atom. The van der Waals surface area contributed by atoms with Crippen LogP contribution in [0.3, 0.4) is 0 Å². The molecular formula is C63H42N2. The van der Waals surface area contributed by atoms with Crippen LogP contribution in [0, 0.1) is 0 Å². The SMILES string of the molecule is Cn1c2ccccc2c2cc(-c3ccc(-c4ccc(-c5c6ccccc6c(-c6ccc(-c7ccc(-c8ccc9[nH]c%10ccccc%10c9c8)cc7)cc6)c6ccccc56)cc4)cc3)ccc21. The number of aromatic amines is 1. The lowest BCUT2D eigenvalue weighted by atomic mass is 9.85. The lowest BCUT2D eigenvalue weighted by Crippen LogP contribution is -1.91. The van der Waals surface area contributed by atoms with Crippen LogP contribution in [0.15, 0.2) is 231 Å². The van der Waals surface area contributed by atoms with E-state index in [1.165, 1.54) is 132 Å². The Morgan fingerprint density at radius 2 is 0.569 bits per heavy atom. The van der Waals surface area contributed by atoms with Gasteiger partial charge in [-0.05, 0) is 125 Å². The first-order valence-corrected chi connectivity index (χ1v) is 22.5. The number of aryl methyl sites for hydroxylation is 1. The fourth-order valence-electron chi connectivity index (χ4n) is 10.5. The van der Waals surface area contributed by atoms with Crippen molar-refractivity contribution in [3.63, 3.8) is 0 Å².